The van der Waals surface area contributed by atoms with E-state index in [0.717, 1.165) is 33.2 Å². The highest BCUT2D eigenvalue weighted by Gasteiger charge is 2.21. The summed E-state index contributed by atoms with van der Waals surface area (Å²) in [6.45, 7) is 1.89. The van der Waals surface area contributed by atoms with Crippen molar-refractivity contribution in [2.75, 3.05) is 5.32 Å². The van der Waals surface area contributed by atoms with Gasteiger partial charge in [0.25, 0.3) is 5.91 Å². The van der Waals surface area contributed by atoms with Crippen LogP contribution in [0.2, 0.25) is 10.0 Å². The van der Waals surface area contributed by atoms with Crippen LogP contribution in [0.15, 0.2) is 90.3 Å². The third kappa shape index (κ3) is 4.46. The maximum Gasteiger partial charge on any atom is 0.258 e. The molecule has 2 aromatic heterocycles. The summed E-state index contributed by atoms with van der Waals surface area (Å²) in [5.41, 5.74) is 5.14. The highest BCUT2D eigenvalue weighted by atomic mass is 35.5. The fraction of sp³-hybridized carbons (Fsp3) is 0.0333. The van der Waals surface area contributed by atoms with Gasteiger partial charge in [-0.2, -0.15) is 0 Å². The predicted molar refractivity (Wildman–Crippen MR) is 155 cm³/mol. The lowest BCUT2D eigenvalue weighted by atomic mass is 9.97. The zero-order valence-electron chi connectivity index (χ0n) is 19.6. The van der Waals surface area contributed by atoms with Crippen molar-refractivity contribution in [3.8, 4) is 22.5 Å². The van der Waals surface area contributed by atoms with Crippen LogP contribution in [0.3, 0.4) is 0 Å². The number of carbonyl (C=O) groups excluding carboxylic acids is 1. The Hall–Kier alpha value is -3.77. The summed E-state index contributed by atoms with van der Waals surface area (Å²) in [7, 11) is 0. The highest BCUT2D eigenvalue weighted by molar-refractivity contribution is 7.14. The van der Waals surface area contributed by atoms with E-state index in [4.69, 9.17) is 33.2 Å². The molecule has 37 heavy (non-hydrogen) atoms. The lowest BCUT2D eigenvalue weighted by Gasteiger charge is -2.15. The van der Waals surface area contributed by atoms with Gasteiger partial charge < -0.3 is 0 Å². The van der Waals surface area contributed by atoms with E-state index in [1.165, 1.54) is 16.7 Å². The fourth-order valence-corrected chi connectivity index (χ4v) is 5.73. The van der Waals surface area contributed by atoms with E-state index in [-0.39, 0.29) is 5.91 Å². The zero-order valence-corrected chi connectivity index (χ0v) is 22.0. The second kappa shape index (κ2) is 9.60. The van der Waals surface area contributed by atoms with Gasteiger partial charge in [-0.1, -0.05) is 77.8 Å². The summed E-state index contributed by atoms with van der Waals surface area (Å²) in [6, 6.07) is 27.3. The Balaban J connectivity index is 1.38. The van der Waals surface area contributed by atoms with Crippen LogP contribution in [0.4, 0.5) is 5.13 Å². The van der Waals surface area contributed by atoms with Crippen molar-refractivity contribution >= 4 is 67.3 Å². The van der Waals surface area contributed by atoms with E-state index in [1.807, 2.05) is 60.8 Å². The topological polar surface area (TPSA) is 54.9 Å². The smallest absolute Gasteiger partial charge is 0.258 e. The second-order valence-electron chi connectivity index (χ2n) is 8.66. The third-order valence-corrected chi connectivity index (χ3v) is 7.62. The first kappa shape index (κ1) is 23.6. The van der Waals surface area contributed by atoms with Crippen LogP contribution in [-0.2, 0) is 0 Å². The first-order chi connectivity index (χ1) is 18.0. The van der Waals surface area contributed by atoms with Crippen LogP contribution >= 0.6 is 34.5 Å². The Morgan fingerprint density at radius 2 is 1.65 bits per heavy atom. The Kier molecular flexibility index (Phi) is 6.13. The van der Waals surface area contributed by atoms with Crippen molar-refractivity contribution in [1.29, 1.82) is 0 Å². The van der Waals surface area contributed by atoms with Crippen molar-refractivity contribution in [1.82, 2.24) is 9.97 Å². The molecule has 6 aromatic rings. The lowest BCUT2D eigenvalue weighted by molar-refractivity contribution is 0.102. The number of nitrogens with one attached hydrogen (secondary N) is 1. The van der Waals surface area contributed by atoms with Gasteiger partial charge in [-0.3, -0.25) is 10.1 Å². The van der Waals surface area contributed by atoms with Gasteiger partial charge in [0.05, 0.1) is 27.5 Å². The van der Waals surface area contributed by atoms with Gasteiger partial charge >= 0.3 is 0 Å². The van der Waals surface area contributed by atoms with Gasteiger partial charge in [0, 0.05) is 26.9 Å². The number of aromatic nitrogens is 2. The molecule has 0 aliphatic carbocycles. The first-order valence-electron chi connectivity index (χ1n) is 11.6. The number of thiazole rings is 1. The van der Waals surface area contributed by atoms with Crippen LogP contribution in [-0.4, -0.2) is 15.9 Å². The van der Waals surface area contributed by atoms with Gasteiger partial charge in [0.2, 0.25) is 0 Å². The van der Waals surface area contributed by atoms with E-state index in [1.54, 1.807) is 12.1 Å². The Bertz CT molecular complexity index is 1830. The molecule has 0 saturated carbocycles. The van der Waals surface area contributed by atoms with Crippen molar-refractivity contribution in [2.45, 2.75) is 6.92 Å². The number of amides is 1. The molecule has 7 heteroatoms. The lowest BCUT2D eigenvalue weighted by Crippen LogP contribution is -2.15. The van der Waals surface area contributed by atoms with Gasteiger partial charge in [0.1, 0.15) is 0 Å². The van der Waals surface area contributed by atoms with Crippen molar-refractivity contribution < 1.29 is 4.79 Å². The van der Waals surface area contributed by atoms with Gasteiger partial charge in [-0.15, -0.1) is 11.3 Å². The molecule has 1 N–H and O–H groups in total. The van der Waals surface area contributed by atoms with Crippen LogP contribution in [0.5, 0.6) is 0 Å². The molecule has 180 valence electrons. The number of fused-ring (bicyclic) bond motifs is 2. The van der Waals surface area contributed by atoms with Crippen LogP contribution < -0.4 is 5.32 Å². The standard InChI is InChI=1S/C30H19Cl2N3OS/c1-17-27(23-8-4-5-9-25(23)33-28(17)22-13-12-21(31)15-24(22)32)29(36)35-30-34-26(16-37-30)20-11-10-18-6-2-3-7-19(18)14-20/h2-16H,1H3,(H,34,35,36). The summed E-state index contributed by atoms with van der Waals surface area (Å²) >= 11 is 14.0. The summed E-state index contributed by atoms with van der Waals surface area (Å²) < 4.78 is 0. The minimum atomic E-state index is -0.248. The molecule has 0 atom stereocenters. The van der Waals surface area contributed by atoms with Crippen LogP contribution in [0.1, 0.15) is 15.9 Å². The molecule has 4 aromatic carbocycles. The van der Waals surface area contributed by atoms with E-state index in [2.05, 4.69) is 29.6 Å². The molecule has 0 fully saturated rings. The maximum atomic E-state index is 13.7. The average molecular weight is 540 g/mol. The summed E-state index contributed by atoms with van der Waals surface area (Å²) in [6.07, 6.45) is 0. The molecule has 0 aliphatic heterocycles. The largest absolute Gasteiger partial charge is 0.298 e. The second-order valence-corrected chi connectivity index (χ2v) is 10.4. The maximum absolute atomic E-state index is 13.7. The number of nitrogens with zero attached hydrogens (tertiary/aromatic N) is 2. The number of carbonyl (C=O) groups is 1. The molecule has 0 bridgehead atoms. The van der Waals surface area contributed by atoms with Crippen LogP contribution in [0.25, 0.3) is 44.2 Å². The van der Waals surface area contributed by atoms with Gasteiger partial charge in [-0.05, 0) is 53.6 Å². The molecule has 0 aliphatic rings. The molecule has 0 saturated heterocycles. The molecular weight excluding hydrogens is 521 g/mol. The molecule has 6 rings (SSSR count). The third-order valence-electron chi connectivity index (χ3n) is 6.32. The van der Waals surface area contributed by atoms with Crippen molar-refractivity contribution in [2.24, 2.45) is 0 Å². The predicted octanol–water partition coefficient (Wildman–Crippen LogP) is 9.05. The van der Waals surface area contributed by atoms with E-state index >= 15 is 0 Å². The molecular formula is C30H19Cl2N3OS. The fourth-order valence-electron chi connectivity index (χ4n) is 4.52. The average Bonchev–Trinajstić information content (AvgIpc) is 3.36. The number of halogens is 2. The summed E-state index contributed by atoms with van der Waals surface area (Å²) in [4.78, 5) is 23.2. The van der Waals surface area contributed by atoms with E-state index in [9.17, 15) is 4.79 Å². The monoisotopic (exact) mass is 539 g/mol. The first-order valence-corrected chi connectivity index (χ1v) is 13.2. The normalized spacial score (nSPS) is 11.2. The molecule has 0 unspecified atom stereocenters. The number of hydrogen-bond acceptors (Lipinski definition) is 4. The molecule has 1 amide bonds. The van der Waals surface area contributed by atoms with E-state index in [0.29, 0.717) is 32.0 Å². The minimum absolute atomic E-state index is 0.248. The molecule has 0 radical (unpaired) electrons. The molecule has 4 nitrogen and oxygen atoms in total. The summed E-state index contributed by atoms with van der Waals surface area (Å²) in [5.74, 6) is -0.248. The molecule has 2 heterocycles. The number of hydrogen-bond donors (Lipinski definition) is 1. The number of rotatable bonds is 4. The van der Waals surface area contributed by atoms with Crippen LogP contribution in [0, 0.1) is 6.92 Å². The van der Waals surface area contributed by atoms with Gasteiger partial charge in [-0.25, -0.2) is 9.97 Å². The van der Waals surface area contributed by atoms with Crippen molar-refractivity contribution in [3.63, 3.8) is 0 Å². The summed E-state index contributed by atoms with van der Waals surface area (Å²) in [5, 5.41) is 9.58. The molecule has 0 spiro atoms. The number of para-hydroxylation sites is 1. The van der Waals surface area contributed by atoms with Crippen molar-refractivity contribution in [3.05, 3.63) is 111 Å². The quantitative estimate of drug-likeness (QED) is 0.243. The number of benzene rings is 4. The highest BCUT2D eigenvalue weighted by Crippen LogP contribution is 2.35. The Labute approximate surface area is 227 Å². The number of anilines is 1. The Morgan fingerprint density at radius 1 is 0.865 bits per heavy atom. The number of pyridine rings is 1. The van der Waals surface area contributed by atoms with Gasteiger partial charge in [0.15, 0.2) is 5.13 Å². The SMILES string of the molecule is Cc1c(-c2ccc(Cl)cc2Cl)nc2ccccc2c1C(=O)Nc1nc(-c2ccc3ccccc3c2)cs1. The zero-order chi connectivity index (χ0) is 25.5. The Morgan fingerprint density at radius 3 is 2.49 bits per heavy atom. The minimum Gasteiger partial charge on any atom is -0.298 e. The van der Waals surface area contributed by atoms with E-state index < -0.39 is 0 Å².